The first kappa shape index (κ1) is 23.6. The van der Waals surface area contributed by atoms with Crippen molar-refractivity contribution >= 4 is 11.6 Å². The quantitative estimate of drug-likeness (QED) is 0.325. The Labute approximate surface area is 201 Å². The Morgan fingerprint density at radius 1 is 1.24 bits per heavy atom. The second-order valence-electron chi connectivity index (χ2n) is 8.83. The van der Waals surface area contributed by atoms with E-state index in [0.717, 1.165) is 42.1 Å². The molecule has 0 spiro atoms. The highest BCUT2D eigenvalue weighted by atomic mass is 35.5. The van der Waals surface area contributed by atoms with E-state index in [1.807, 2.05) is 72.3 Å². The number of hydrogen-bond acceptors (Lipinski definition) is 4. The zero-order valence-corrected chi connectivity index (χ0v) is 19.9. The summed E-state index contributed by atoms with van der Waals surface area (Å²) in [5.74, 6) is 2.14. The summed E-state index contributed by atoms with van der Waals surface area (Å²) in [6.07, 6.45) is 5.52. The molecule has 1 aromatic heterocycles. The number of rotatable bonds is 12. The molecule has 1 heterocycles. The van der Waals surface area contributed by atoms with Gasteiger partial charge >= 0.3 is 0 Å². The van der Waals surface area contributed by atoms with Gasteiger partial charge in [0.05, 0.1) is 23.0 Å². The number of halogens is 1. The number of aryl methyl sites for hydroxylation is 1. The van der Waals surface area contributed by atoms with Crippen LogP contribution in [0.5, 0.6) is 11.6 Å². The van der Waals surface area contributed by atoms with E-state index < -0.39 is 0 Å². The van der Waals surface area contributed by atoms with Crippen LogP contribution in [0.25, 0.3) is 5.69 Å². The number of hydrogen-bond donors (Lipinski definition) is 1. The van der Waals surface area contributed by atoms with Crippen LogP contribution in [0.1, 0.15) is 36.9 Å². The Hall–Kier alpha value is -2.60. The maximum absolute atomic E-state index is 10.6. The fourth-order valence-corrected chi connectivity index (χ4v) is 4.19. The molecule has 33 heavy (non-hydrogen) atoms. The van der Waals surface area contributed by atoms with Crippen molar-refractivity contribution in [3.8, 4) is 17.3 Å². The van der Waals surface area contributed by atoms with Crippen LogP contribution in [-0.4, -0.2) is 39.0 Å². The molecule has 0 saturated heterocycles. The zero-order chi connectivity index (χ0) is 23.2. The number of aromatic nitrogens is 2. The third kappa shape index (κ3) is 6.47. The van der Waals surface area contributed by atoms with Gasteiger partial charge in [-0.3, -0.25) is 4.90 Å². The van der Waals surface area contributed by atoms with Gasteiger partial charge in [-0.2, -0.15) is 5.10 Å². The van der Waals surface area contributed by atoms with Crippen molar-refractivity contribution in [2.75, 3.05) is 13.1 Å². The van der Waals surface area contributed by atoms with Gasteiger partial charge in [-0.05, 0) is 68.9 Å². The van der Waals surface area contributed by atoms with Gasteiger partial charge < -0.3 is 9.84 Å². The maximum atomic E-state index is 10.6. The lowest BCUT2D eigenvalue weighted by Gasteiger charge is -2.25. The smallest absolute Gasteiger partial charge is 0.227 e. The largest absolute Gasteiger partial charge is 0.439 e. The van der Waals surface area contributed by atoms with Crippen LogP contribution in [0, 0.1) is 12.8 Å². The molecule has 6 heteroatoms. The van der Waals surface area contributed by atoms with E-state index >= 15 is 0 Å². The Kier molecular flexibility index (Phi) is 7.86. The lowest BCUT2D eigenvalue weighted by Crippen LogP contribution is -2.34. The van der Waals surface area contributed by atoms with E-state index in [9.17, 15) is 5.11 Å². The van der Waals surface area contributed by atoms with Crippen molar-refractivity contribution in [2.45, 2.75) is 45.3 Å². The SMILES string of the molecule is C=CCCC(O)CN(Cc1c(C)nn(-c2cccc(Cl)c2)c1Oc1ccccc1)CC1CC1. The van der Waals surface area contributed by atoms with Gasteiger partial charge in [0.2, 0.25) is 5.88 Å². The van der Waals surface area contributed by atoms with Gasteiger partial charge in [-0.15, -0.1) is 6.58 Å². The Morgan fingerprint density at radius 3 is 2.73 bits per heavy atom. The average molecular weight is 466 g/mol. The fourth-order valence-electron chi connectivity index (χ4n) is 4.00. The van der Waals surface area contributed by atoms with Crippen LogP contribution in [0.15, 0.2) is 67.3 Å². The summed E-state index contributed by atoms with van der Waals surface area (Å²) in [7, 11) is 0. The van der Waals surface area contributed by atoms with Crippen LogP contribution in [0.4, 0.5) is 0 Å². The maximum Gasteiger partial charge on any atom is 0.227 e. The van der Waals surface area contributed by atoms with Crippen LogP contribution < -0.4 is 4.74 Å². The first-order valence-corrected chi connectivity index (χ1v) is 12.0. The third-order valence-electron chi connectivity index (χ3n) is 5.92. The van der Waals surface area contributed by atoms with E-state index in [0.29, 0.717) is 29.9 Å². The first-order chi connectivity index (χ1) is 16.0. The molecule has 2 aromatic carbocycles. The van der Waals surface area contributed by atoms with Crippen molar-refractivity contribution in [1.82, 2.24) is 14.7 Å². The highest BCUT2D eigenvalue weighted by Crippen LogP contribution is 2.34. The van der Waals surface area contributed by atoms with Crippen molar-refractivity contribution in [3.05, 3.63) is 83.5 Å². The van der Waals surface area contributed by atoms with E-state index in [1.54, 1.807) is 0 Å². The summed E-state index contributed by atoms with van der Waals surface area (Å²) in [5, 5.41) is 16.1. The van der Waals surface area contributed by atoms with Crippen LogP contribution >= 0.6 is 11.6 Å². The van der Waals surface area contributed by atoms with Gasteiger partial charge in [-0.1, -0.05) is 41.9 Å². The summed E-state index contributed by atoms with van der Waals surface area (Å²) < 4.78 is 8.23. The first-order valence-electron chi connectivity index (χ1n) is 11.6. The van der Waals surface area contributed by atoms with E-state index in [-0.39, 0.29) is 6.10 Å². The standard InChI is InChI=1S/C27H32ClN3O2/c1-3-4-11-24(32)18-30(17-21-14-15-21)19-26-20(2)29-31(23-10-8-9-22(28)16-23)27(26)33-25-12-6-5-7-13-25/h3,5-10,12-13,16,21,24,32H,1,4,11,14-15,17-19H2,2H3. The molecule has 1 saturated carbocycles. The Balaban J connectivity index is 1.67. The van der Waals surface area contributed by atoms with Gasteiger partial charge in [0.1, 0.15) is 5.75 Å². The average Bonchev–Trinajstić information content (AvgIpc) is 3.57. The van der Waals surface area contributed by atoms with Gasteiger partial charge in [0.25, 0.3) is 0 Å². The van der Waals surface area contributed by atoms with Gasteiger partial charge in [0.15, 0.2) is 0 Å². The topological polar surface area (TPSA) is 50.5 Å². The van der Waals surface area contributed by atoms with Crippen molar-refractivity contribution in [3.63, 3.8) is 0 Å². The number of para-hydroxylation sites is 1. The monoisotopic (exact) mass is 465 g/mol. The summed E-state index contributed by atoms with van der Waals surface area (Å²) in [5.41, 5.74) is 2.78. The summed E-state index contributed by atoms with van der Waals surface area (Å²) in [6.45, 7) is 8.04. The number of ether oxygens (including phenoxy) is 1. The lowest BCUT2D eigenvalue weighted by molar-refractivity contribution is 0.0991. The molecule has 1 atom stereocenters. The summed E-state index contributed by atoms with van der Waals surface area (Å²) in [6, 6.07) is 17.4. The Bertz CT molecular complexity index is 1060. The fraction of sp³-hybridized carbons (Fsp3) is 0.370. The minimum absolute atomic E-state index is 0.386. The molecule has 1 aliphatic rings. The number of nitrogens with zero attached hydrogens (tertiary/aromatic N) is 3. The Morgan fingerprint density at radius 2 is 2.03 bits per heavy atom. The third-order valence-corrected chi connectivity index (χ3v) is 6.15. The summed E-state index contributed by atoms with van der Waals surface area (Å²) in [4.78, 5) is 2.34. The molecule has 1 fully saturated rings. The molecule has 174 valence electrons. The predicted molar refractivity (Wildman–Crippen MR) is 133 cm³/mol. The highest BCUT2D eigenvalue weighted by molar-refractivity contribution is 6.30. The van der Waals surface area contributed by atoms with Gasteiger partial charge in [-0.25, -0.2) is 4.68 Å². The number of allylic oxidation sites excluding steroid dienone is 1. The molecule has 0 radical (unpaired) electrons. The van der Waals surface area contributed by atoms with E-state index in [4.69, 9.17) is 21.4 Å². The molecule has 3 aromatic rings. The van der Waals surface area contributed by atoms with Crippen molar-refractivity contribution in [1.29, 1.82) is 0 Å². The van der Waals surface area contributed by atoms with Crippen molar-refractivity contribution in [2.24, 2.45) is 5.92 Å². The molecule has 0 amide bonds. The minimum Gasteiger partial charge on any atom is -0.439 e. The molecule has 0 bridgehead atoms. The molecular formula is C27H32ClN3O2. The van der Waals surface area contributed by atoms with Crippen LogP contribution in [0.3, 0.4) is 0 Å². The number of aliphatic hydroxyl groups is 1. The zero-order valence-electron chi connectivity index (χ0n) is 19.2. The normalized spacial score (nSPS) is 14.4. The van der Waals surface area contributed by atoms with Crippen LogP contribution in [0.2, 0.25) is 5.02 Å². The molecule has 1 aliphatic carbocycles. The molecule has 4 rings (SSSR count). The molecule has 5 nitrogen and oxygen atoms in total. The molecule has 0 aliphatic heterocycles. The predicted octanol–water partition coefficient (Wildman–Crippen LogP) is 6.17. The van der Waals surface area contributed by atoms with E-state index in [2.05, 4.69) is 11.5 Å². The molecule has 1 N–H and O–H groups in total. The molecular weight excluding hydrogens is 434 g/mol. The minimum atomic E-state index is -0.386. The number of benzene rings is 2. The molecule has 1 unspecified atom stereocenters. The van der Waals surface area contributed by atoms with Crippen LogP contribution in [-0.2, 0) is 6.54 Å². The van der Waals surface area contributed by atoms with Crippen molar-refractivity contribution < 1.29 is 9.84 Å². The highest BCUT2D eigenvalue weighted by Gasteiger charge is 2.28. The second-order valence-corrected chi connectivity index (χ2v) is 9.27. The van der Waals surface area contributed by atoms with E-state index in [1.165, 1.54) is 12.8 Å². The summed E-state index contributed by atoms with van der Waals surface area (Å²) >= 11 is 6.28. The van der Waals surface area contributed by atoms with Gasteiger partial charge in [0, 0.05) is 24.7 Å². The number of aliphatic hydroxyl groups excluding tert-OH is 1. The lowest BCUT2D eigenvalue weighted by atomic mass is 10.1. The second kappa shape index (κ2) is 11.0.